The van der Waals surface area contributed by atoms with Crippen LogP contribution in [0.2, 0.25) is 0 Å². The van der Waals surface area contributed by atoms with Crippen molar-refractivity contribution in [2.75, 3.05) is 7.11 Å². The molecule has 1 aromatic heterocycles. The van der Waals surface area contributed by atoms with Gasteiger partial charge >= 0.3 is 5.97 Å². The molecule has 0 aliphatic carbocycles. The first kappa shape index (κ1) is 13.5. The number of methoxy groups -OCH3 is 1. The summed E-state index contributed by atoms with van der Waals surface area (Å²) in [7, 11) is 1.58. The van der Waals surface area contributed by atoms with Gasteiger partial charge in [-0.3, -0.25) is 4.79 Å². The molecule has 5 heteroatoms. The van der Waals surface area contributed by atoms with E-state index in [-0.39, 0.29) is 11.8 Å². The molecule has 0 saturated carbocycles. The molecule has 0 fully saturated rings. The lowest BCUT2D eigenvalue weighted by Gasteiger charge is -2.19. The van der Waals surface area contributed by atoms with Gasteiger partial charge in [0.15, 0.2) is 0 Å². The maximum absolute atomic E-state index is 10.5. The lowest BCUT2D eigenvalue weighted by atomic mass is 9.97. The molecule has 0 radical (unpaired) electrons. The van der Waals surface area contributed by atoms with Crippen LogP contribution in [0.25, 0.3) is 0 Å². The Balaban J connectivity index is 2.83. The van der Waals surface area contributed by atoms with Crippen molar-refractivity contribution in [1.29, 1.82) is 0 Å². The monoisotopic (exact) mass is 240 g/mol. The number of carboxylic acid groups (broad SMARTS) is 1. The van der Waals surface area contributed by atoms with E-state index in [1.54, 1.807) is 18.0 Å². The Morgan fingerprint density at radius 3 is 2.65 bits per heavy atom. The zero-order valence-corrected chi connectivity index (χ0v) is 10.9. The molecule has 0 atom stereocenters. The van der Waals surface area contributed by atoms with Gasteiger partial charge in [-0.2, -0.15) is 5.10 Å². The van der Waals surface area contributed by atoms with E-state index in [4.69, 9.17) is 9.84 Å². The fourth-order valence-corrected chi connectivity index (χ4v) is 1.62. The molecule has 1 heterocycles. The number of carboxylic acids is 1. The third-order valence-corrected chi connectivity index (χ3v) is 2.29. The minimum Gasteiger partial charge on any atom is -0.481 e. The Bertz CT molecular complexity index is 391. The minimum atomic E-state index is -0.810. The normalized spacial score (nSPS) is 11.5. The van der Waals surface area contributed by atoms with Crippen molar-refractivity contribution in [3.63, 3.8) is 0 Å². The number of ether oxygens (including phenoxy) is 1. The van der Waals surface area contributed by atoms with Gasteiger partial charge in [0.25, 0.3) is 0 Å². The number of aliphatic carboxylic acids is 1. The van der Waals surface area contributed by atoms with Crippen molar-refractivity contribution in [2.45, 2.75) is 40.2 Å². The van der Waals surface area contributed by atoms with Gasteiger partial charge in [-0.05, 0) is 11.8 Å². The van der Waals surface area contributed by atoms with Gasteiger partial charge in [0, 0.05) is 18.5 Å². The van der Waals surface area contributed by atoms with Crippen LogP contribution in [0.5, 0.6) is 5.88 Å². The second-order valence-corrected chi connectivity index (χ2v) is 5.29. The van der Waals surface area contributed by atoms with Gasteiger partial charge in [-0.25, -0.2) is 4.68 Å². The predicted molar refractivity (Wildman–Crippen MR) is 64.2 cm³/mol. The molecule has 96 valence electrons. The number of aromatic nitrogens is 2. The van der Waals surface area contributed by atoms with Crippen LogP contribution < -0.4 is 4.74 Å². The molecule has 0 aromatic carbocycles. The second-order valence-electron chi connectivity index (χ2n) is 5.29. The van der Waals surface area contributed by atoms with Crippen LogP contribution in [0.1, 0.15) is 32.8 Å². The van der Waals surface area contributed by atoms with E-state index in [0.717, 1.165) is 12.1 Å². The molecule has 0 amide bonds. The Morgan fingerprint density at radius 1 is 1.53 bits per heavy atom. The Morgan fingerprint density at radius 2 is 2.18 bits per heavy atom. The van der Waals surface area contributed by atoms with E-state index in [1.165, 1.54) is 0 Å². The molecular weight excluding hydrogens is 220 g/mol. The summed E-state index contributed by atoms with van der Waals surface area (Å²) in [4.78, 5) is 10.5. The number of carbonyl (C=O) groups is 1. The summed E-state index contributed by atoms with van der Waals surface area (Å²) in [6.45, 7) is 7.09. The highest BCUT2D eigenvalue weighted by Crippen LogP contribution is 2.24. The Hall–Kier alpha value is -1.52. The fourth-order valence-electron chi connectivity index (χ4n) is 1.62. The van der Waals surface area contributed by atoms with E-state index >= 15 is 0 Å². The molecule has 0 saturated heterocycles. The quantitative estimate of drug-likeness (QED) is 0.854. The van der Waals surface area contributed by atoms with Gasteiger partial charge in [0.05, 0.1) is 13.3 Å². The van der Waals surface area contributed by atoms with E-state index in [2.05, 4.69) is 25.9 Å². The summed E-state index contributed by atoms with van der Waals surface area (Å²) in [6.07, 6.45) is 2.23. The van der Waals surface area contributed by atoms with Crippen LogP contribution in [-0.2, 0) is 17.8 Å². The molecule has 0 bridgehead atoms. The topological polar surface area (TPSA) is 64.3 Å². The number of rotatable bonds is 5. The van der Waals surface area contributed by atoms with Crippen molar-refractivity contribution >= 4 is 5.97 Å². The molecule has 0 aliphatic heterocycles. The van der Waals surface area contributed by atoms with Gasteiger partial charge in [-0.1, -0.05) is 20.8 Å². The Labute approximate surface area is 101 Å². The lowest BCUT2D eigenvalue weighted by Crippen LogP contribution is -2.17. The molecular formula is C12H20N2O3. The number of nitrogens with zero attached hydrogens (tertiary/aromatic N) is 2. The smallest absolute Gasteiger partial charge is 0.303 e. The molecule has 0 spiro atoms. The fraction of sp³-hybridized carbons (Fsp3) is 0.667. The van der Waals surface area contributed by atoms with Crippen LogP contribution in [-0.4, -0.2) is 28.0 Å². The van der Waals surface area contributed by atoms with E-state index in [9.17, 15) is 4.79 Å². The maximum atomic E-state index is 10.5. The van der Waals surface area contributed by atoms with Crippen molar-refractivity contribution in [1.82, 2.24) is 9.78 Å². The van der Waals surface area contributed by atoms with Crippen molar-refractivity contribution in [3.8, 4) is 5.88 Å². The van der Waals surface area contributed by atoms with Crippen molar-refractivity contribution in [2.24, 2.45) is 5.41 Å². The standard InChI is InChI=1S/C12H20N2O3/c1-12(2,3)8-14-11(17-4)9(7-13-14)5-6-10(15)16/h7H,5-6,8H2,1-4H3,(H,15,16). The largest absolute Gasteiger partial charge is 0.481 e. The maximum Gasteiger partial charge on any atom is 0.303 e. The number of hydrogen-bond acceptors (Lipinski definition) is 3. The molecule has 1 aromatic rings. The van der Waals surface area contributed by atoms with Crippen molar-refractivity contribution < 1.29 is 14.6 Å². The molecule has 0 unspecified atom stereocenters. The van der Waals surface area contributed by atoms with Crippen LogP contribution in [0, 0.1) is 5.41 Å². The third-order valence-electron chi connectivity index (χ3n) is 2.29. The average Bonchev–Trinajstić information content (AvgIpc) is 2.54. The van der Waals surface area contributed by atoms with Crippen LogP contribution in [0.4, 0.5) is 0 Å². The first-order chi connectivity index (χ1) is 7.83. The summed E-state index contributed by atoms with van der Waals surface area (Å²) in [6, 6.07) is 0. The van der Waals surface area contributed by atoms with Gasteiger partial charge in [0.1, 0.15) is 0 Å². The van der Waals surface area contributed by atoms with Crippen LogP contribution in [0.3, 0.4) is 0 Å². The summed E-state index contributed by atoms with van der Waals surface area (Å²) in [5, 5.41) is 12.9. The van der Waals surface area contributed by atoms with Crippen LogP contribution in [0.15, 0.2) is 6.20 Å². The zero-order chi connectivity index (χ0) is 13.1. The lowest BCUT2D eigenvalue weighted by molar-refractivity contribution is -0.136. The minimum absolute atomic E-state index is 0.0948. The number of hydrogen-bond donors (Lipinski definition) is 1. The molecule has 1 rings (SSSR count). The van der Waals surface area contributed by atoms with E-state index in [0.29, 0.717) is 12.3 Å². The van der Waals surface area contributed by atoms with Gasteiger partial charge in [-0.15, -0.1) is 0 Å². The van der Waals surface area contributed by atoms with E-state index < -0.39 is 5.97 Å². The summed E-state index contributed by atoms with van der Waals surface area (Å²) in [5.41, 5.74) is 0.947. The highest BCUT2D eigenvalue weighted by atomic mass is 16.5. The predicted octanol–water partition coefficient (Wildman–Crippen LogP) is 1.95. The number of aryl methyl sites for hydroxylation is 1. The summed E-state index contributed by atoms with van der Waals surface area (Å²) in [5.74, 6) is -0.142. The van der Waals surface area contributed by atoms with Gasteiger partial charge in [0.2, 0.25) is 5.88 Å². The molecule has 0 aliphatic rings. The third kappa shape index (κ3) is 4.09. The second kappa shape index (κ2) is 5.21. The summed E-state index contributed by atoms with van der Waals surface area (Å²) >= 11 is 0. The molecule has 5 nitrogen and oxygen atoms in total. The average molecular weight is 240 g/mol. The first-order valence-electron chi connectivity index (χ1n) is 5.64. The highest BCUT2D eigenvalue weighted by Gasteiger charge is 2.18. The summed E-state index contributed by atoms with van der Waals surface area (Å²) < 4.78 is 7.09. The van der Waals surface area contributed by atoms with Crippen LogP contribution >= 0.6 is 0 Å². The molecule has 17 heavy (non-hydrogen) atoms. The Kier molecular flexibility index (Phi) is 4.15. The molecule has 1 N–H and O–H groups in total. The SMILES string of the molecule is COc1c(CCC(=O)O)cnn1CC(C)(C)C. The van der Waals surface area contributed by atoms with Gasteiger partial charge < -0.3 is 9.84 Å². The van der Waals surface area contributed by atoms with E-state index in [1.807, 2.05) is 0 Å². The first-order valence-corrected chi connectivity index (χ1v) is 5.64. The highest BCUT2D eigenvalue weighted by molar-refractivity contribution is 5.67. The zero-order valence-electron chi connectivity index (χ0n) is 10.9. The van der Waals surface area contributed by atoms with Crippen molar-refractivity contribution in [3.05, 3.63) is 11.8 Å².